The molecular formula is C20H27NO4. The number of hydrogen-bond acceptors (Lipinski definition) is 4. The Balaban J connectivity index is 1.51. The first-order chi connectivity index (χ1) is 12.2. The largest absolute Gasteiger partial charge is 0.490 e. The summed E-state index contributed by atoms with van der Waals surface area (Å²) in [7, 11) is 0. The number of fused-ring (bicyclic) bond motifs is 1. The molecule has 2 aliphatic heterocycles. The summed E-state index contributed by atoms with van der Waals surface area (Å²) in [6.45, 7) is 4.27. The Morgan fingerprint density at radius 3 is 2.64 bits per heavy atom. The van der Waals surface area contributed by atoms with Gasteiger partial charge in [-0.25, -0.2) is 0 Å². The van der Waals surface area contributed by atoms with E-state index >= 15 is 0 Å². The molecule has 1 saturated carbocycles. The lowest BCUT2D eigenvalue weighted by Crippen LogP contribution is -2.37. The van der Waals surface area contributed by atoms with Gasteiger partial charge >= 0.3 is 0 Å². The van der Waals surface area contributed by atoms with Crippen molar-refractivity contribution in [3.05, 3.63) is 23.8 Å². The van der Waals surface area contributed by atoms with E-state index in [1.807, 2.05) is 12.1 Å². The number of carbonyl (C=O) groups is 1. The fourth-order valence-corrected chi connectivity index (χ4v) is 3.79. The molecular weight excluding hydrogens is 318 g/mol. The number of ether oxygens (including phenoxy) is 3. The van der Waals surface area contributed by atoms with E-state index in [0.717, 1.165) is 55.8 Å². The summed E-state index contributed by atoms with van der Waals surface area (Å²) in [5.41, 5.74) is 1.11. The molecule has 0 radical (unpaired) electrons. The highest BCUT2D eigenvalue weighted by Gasteiger charge is 2.37. The summed E-state index contributed by atoms with van der Waals surface area (Å²) in [5.74, 6) is 1.82. The smallest absolute Gasteiger partial charge is 0.225 e. The van der Waals surface area contributed by atoms with Gasteiger partial charge in [-0.05, 0) is 50.3 Å². The molecule has 1 amide bonds. The Bertz CT molecular complexity index is 622. The lowest BCUT2D eigenvalue weighted by Gasteiger charge is -2.31. The minimum Gasteiger partial charge on any atom is -0.490 e. The molecule has 136 valence electrons. The third-order valence-corrected chi connectivity index (χ3v) is 5.33. The zero-order chi connectivity index (χ0) is 17.2. The van der Waals surface area contributed by atoms with Gasteiger partial charge in [-0.1, -0.05) is 6.07 Å². The predicted molar refractivity (Wildman–Crippen MR) is 93.9 cm³/mol. The number of amides is 1. The summed E-state index contributed by atoms with van der Waals surface area (Å²) in [5, 5.41) is 0. The van der Waals surface area contributed by atoms with Crippen LogP contribution in [0.4, 0.5) is 0 Å². The third-order valence-electron chi connectivity index (χ3n) is 5.33. The van der Waals surface area contributed by atoms with E-state index in [4.69, 9.17) is 14.2 Å². The first kappa shape index (κ1) is 16.7. The maximum Gasteiger partial charge on any atom is 0.225 e. The van der Waals surface area contributed by atoms with E-state index in [-0.39, 0.29) is 18.1 Å². The molecule has 0 spiro atoms. The number of rotatable bonds is 5. The van der Waals surface area contributed by atoms with Crippen molar-refractivity contribution in [2.24, 2.45) is 0 Å². The predicted octanol–water partition coefficient (Wildman–Crippen LogP) is 3.47. The van der Waals surface area contributed by atoms with Gasteiger partial charge in [0.1, 0.15) is 0 Å². The molecule has 4 rings (SSSR count). The Labute approximate surface area is 149 Å². The standard InChI is InChI=1S/C20H27NO4/c1-14(15-5-8-18-19(12-15)25-11-3-10-24-18)21(16-6-7-16)20(22)13-17-4-2-9-23-17/h5,8,12,14,16-17H,2-4,6-7,9-11,13H2,1H3/t14-,17-/m0/s1. The summed E-state index contributed by atoms with van der Waals surface area (Å²) in [4.78, 5) is 15.0. The molecule has 3 aliphatic rings. The number of carbonyl (C=O) groups excluding carboxylic acids is 1. The van der Waals surface area contributed by atoms with Crippen LogP contribution < -0.4 is 9.47 Å². The average molecular weight is 345 g/mol. The van der Waals surface area contributed by atoms with Crippen molar-refractivity contribution < 1.29 is 19.0 Å². The molecule has 2 atom stereocenters. The quantitative estimate of drug-likeness (QED) is 0.820. The van der Waals surface area contributed by atoms with E-state index in [1.54, 1.807) is 0 Å². The van der Waals surface area contributed by atoms with Crippen LogP contribution in [0.3, 0.4) is 0 Å². The average Bonchev–Trinajstić information content (AvgIpc) is 3.36. The van der Waals surface area contributed by atoms with Crippen molar-refractivity contribution in [1.82, 2.24) is 4.90 Å². The topological polar surface area (TPSA) is 48.0 Å². The van der Waals surface area contributed by atoms with E-state index in [1.165, 1.54) is 0 Å². The highest BCUT2D eigenvalue weighted by molar-refractivity contribution is 5.78. The molecule has 1 aromatic carbocycles. The maximum absolute atomic E-state index is 12.9. The summed E-state index contributed by atoms with van der Waals surface area (Å²) in [6, 6.07) is 6.49. The van der Waals surface area contributed by atoms with Crippen LogP contribution in [0.1, 0.15) is 57.1 Å². The van der Waals surface area contributed by atoms with Crippen LogP contribution in [0, 0.1) is 0 Å². The van der Waals surface area contributed by atoms with Crippen molar-refractivity contribution >= 4 is 5.91 Å². The Morgan fingerprint density at radius 1 is 1.12 bits per heavy atom. The minimum absolute atomic E-state index is 0.0403. The molecule has 0 aromatic heterocycles. The van der Waals surface area contributed by atoms with Crippen molar-refractivity contribution in [2.75, 3.05) is 19.8 Å². The second-order valence-corrected chi connectivity index (χ2v) is 7.30. The lowest BCUT2D eigenvalue weighted by molar-refractivity contribution is -0.136. The second-order valence-electron chi connectivity index (χ2n) is 7.30. The molecule has 1 aromatic rings. The van der Waals surface area contributed by atoms with Crippen LogP contribution in [0.15, 0.2) is 18.2 Å². The fraction of sp³-hybridized carbons (Fsp3) is 0.650. The monoisotopic (exact) mass is 345 g/mol. The molecule has 0 N–H and O–H groups in total. The van der Waals surface area contributed by atoms with Gasteiger partial charge in [-0.15, -0.1) is 0 Å². The van der Waals surface area contributed by atoms with Gasteiger partial charge in [-0.3, -0.25) is 4.79 Å². The minimum atomic E-state index is 0.0403. The van der Waals surface area contributed by atoms with E-state index in [9.17, 15) is 4.79 Å². The van der Waals surface area contributed by atoms with Gasteiger partial charge in [-0.2, -0.15) is 0 Å². The zero-order valence-electron chi connectivity index (χ0n) is 14.9. The molecule has 1 aliphatic carbocycles. The first-order valence-corrected chi connectivity index (χ1v) is 9.54. The van der Waals surface area contributed by atoms with Crippen LogP contribution in [0.5, 0.6) is 11.5 Å². The van der Waals surface area contributed by atoms with Crippen molar-refractivity contribution in [3.63, 3.8) is 0 Å². The summed E-state index contributed by atoms with van der Waals surface area (Å²) in [6.07, 6.45) is 5.78. The molecule has 25 heavy (non-hydrogen) atoms. The number of hydrogen-bond donors (Lipinski definition) is 0. The van der Waals surface area contributed by atoms with Crippen LogP contribution in [-0.4, -0.2) is 42.8 Å². The lowest BCUT2D eigenvalue weighted by atomic mass is 10.0. The van der Waals surface area contributed by atoms with Crippen molar-refractivity contribution in [2.45, 2.75) is 63.6 Å². The summed E-state index contributed by atoms with van der Waals surface area (Å²) < 4.78 is 17.2. The number of benzene rings is 1. The van der Waals surface area contributed by atoms with E-state index in [2.05, 4.69) is 17.9 Å². The molecule has 5 heteroatoms. The van der Waals surface area contributed by atoms with Gasteiger partial charge in [0, 0.05) is 19.1 Å². The van der Waals surface area contributed by atoms with E-state index in [0.29, 0.717) is 25.7 Å². The number of nitrogens with zero attached hydrogens (tertiary/aromatic N) is 1. The highest BCUT2D eigenvalue weighted by atomic mass is 16.5. The normalized spacial score (nSPS) is 23.8. The second kappa shape index (κ2) is 7.24. The van der Waals surface area contributed by atoms with Crippen LogP contribution in [-0.2, 0) is 9.53 Å². The van der Waals surface area contributed by atoms with Crippen LogP contribution >= 0.6 is 0 Å². The zero-order valence-corrected chi connectivity index (χ0v) is 14.9. The van der Waals surface area contributed by atoms with E-state index < -0.39 is 0 Å². The Hall–Kier alpha value is -1.75. The molecule has 1 saturated heterocycles. The van der Waals surface area contributed by atoms with Gasteiger partial charge in [0.15, 0.2) is 11.5 Å². The van der Waals surface area contributed by atoms with Gasteiger partial charge in [0.05, 0.1) is 31.8 Å². The third kappa shape index (κ3) is 3.76. The van der Waals surface area contributed by atoms with Crippen LogP contribution in [0.2, 0.25) is 0 Å². The highest BCUT2D eigenvalue weighted by Crippen LogP contribution is 2.38. The molecule has 0 bridgehead atoms. The Kier molecular flexibility index (Phi) is 4.84. The molecule has 2 heterocycles. The van der Waals surface area contributed by atoms with Crippen molar-refractivity contribution in [1.29, 1.82) is 0 Å². The Morgan fingerprint density at radius 2 is 1.92 bits per heavy atom. The maximum atomic E-state index is 12.9. The van der Waals surface area contributed by atoms with Crippen molar-refractivity contribution in [3.8, 4) is 11.5 Å². The molecule has 5 nitrogen and oxygen atoms in total. The van der Waals surface area contributed by atoms with Gasteiger partial charge in [0.2, 0.25) is 5.91 Å². The summed E-state index contributed by atoms with van der Waals surface area (Å²) >= 11 is 0. The molecule has 2 fully saturated rings. The van der Waals surface area contributed by atoms with Gasteiger partial charge in [0.25, 0.3) is 0 Å². The van der Waals surface area contributed by atoms with Gasteiger partial charge < -0.3 is 19.1 Å². The SMILES string of the molecule is C[C@@H](c1ccc2c(c1)OCCCO2)N(C(=O)C[C@@H]1CCCO1)C1CC1. The molecule has 0 unspecified atom stereocenters. The first-order valence-electron chi connectivity index (χ1n) is 9.54. The fourth-order valence-electron chi connectivity index (χ4n) is 3.79. The van der Waals surface area contributed by atoms with Crippen LogP contribution in [0.25, 0.3) is 0 Å².